The molecule has 1 aliphatic heterocycles. The van der Waals surface area contributed by atoms with E-state index in [0.29, 0.717) is 0 Å². The second-order valence-electron chi connectivity index (χ2n) is 10.0. The van der Waals surface area contributed by atoms with E-state index in [1.165, 1.54) is 96.3 Å². The lowest BCUT2D eigenvalue weighted by Gasteiger charge is -2.51. The van der Waals surface area contributed by atoms with E-state index in [-0.39, 0.29) is 0 Å². The fraction of sp³-hybridized carbons (Fsp3) is 1.00. The highest BCUT2D eigenvalue weighted by atomic mass is 28.5. The summed E-state index contributed by atoms with van der Waals surface area (Å²) in [7, 11) is 1.71. The van der Waals surface area contributed by atoms with Crippen LogP contribution in [-0.2, 0) is 12.3 Å². The molecule has 1 heterocycles. The first kappa shape index (κ1) is 23.2. The lowest BCUT2D eigenvalue weighted by Crippen LogP contribution is -2.61. The van der Waals surface area contributed by atoms with Crippen molar-refractivity contribution in [3.8, 4) is 0 Å². The molecule has 3 aliphatic carbocycles. The zero-order valence-corrected chi connectivity index (χ0v) is 22.4. The fourth-order valence-electron chi connectivity index (χ4n) is 5.85. The third-order valence-electron chi connectivity index (χ3n) is 7.20. The lowest BCUT2D eigenvalue weighted by molar-refractivity contribution is 0.215. The van der Waals surface area contributed by atoms with Crippen LogP contribution < -0.4 is 0 Å². The summed E-state index contributed by atoms with van der Waals surface area (Å²) in [4.78, 5) is 2.00. The van der Waals surface area contributed by atoms with Crippen molar-refractivity contribution in [2.75, 3.05) is 21.1 Å². The summed E-state index contributed by atoms with van der Waals surface area (Å²) in [5, 5.41) is 0. The van der Waals surface area contributed by atoms with Gasteiger partial charge in [-0.3, -0.25) is 0 Å². The van der Waals surface area contributed by atoms with Gasteiger partial charge in [-0.25, -0.2) is 0 Å². The zero-order chi connectivity index (χ0) is 19.8. The SMILES string of the molecule is C1CCC([SiH]2O[SiH2]O[Si](C3CCCCC3)(C3CCCCC3)O2)CC1.CN(C)C. The van der Waals surface area contributed by atoms with E-state index in [2.05, 4.69) is 0 Å². The third kappa shape index (κ3) is 6.25. The summed E-state index contributed by atoms with van der Waals surface area (Å²) in [6.07, 6.45) is 21.1. The van der Waals surface area contributed by atoms with E-state index in [1.807, 2.05) is 26.0 Å². The van der Waals surface area contributed by atoms with Crippen molar-refractivity contribution in [1.29, 1.82) is 0 Å². The fourth-order valence-corrected chi connectivity index (χ4v) is 20.6. The molecule has 0 radical (unpaired) electrons. The Labute approximate surface area is 179 Å². The van der Waals surface area contributed by atoms with E-state index in [0.717, 1.165) is 16.6 Å². The molecule has 4 fully saturated rings. The van der Waals surface area contributed by atoms with Gasteiger partial charge in [-0.05, 0) is 65.2 Å². The molecule has 4 rings (SSSR count). The van der Waals surface area contributed by atoms with Crippen molar-refractivity contribution < 1.29 is 12.3 Å². The summed E-state index contributed by atoms with van der Waals surface area (Å²) in [5.41, 5.74) is 2.39. The van der Waals surface area contributed by atoms with Crippen LogP contribution in [0.25, 0.3) is 0 Å². The van der Waals surface area contributed by atoms with Crippen LogP contribution in [0.5, 0.6) is 0 Å². The molecule has 0 aromatic carbocycles. The maximum atomic E-state index is 7.16. The van der Waals surface area contributed by atoms with Gasteiger partial charge in [0.15, 0.2) is 0 Å². The molecule has 0 bridgehead atoms. The van der Waals surface area contributed by atoms with Gasteiger partial charge in [-0.2, -0.15) is 0 Å². The number of nitrogens with zero attached hydrogens (tertiary/aromatic N) is 1. The first-order chi connectivity index (χ1) is 13.6. The second-order valence-corrected chi connectivity index (χ2v) is 18.5. The molecule has 1 saturated heterocycles. The minimum atomic E-state index is -2.03. The largest absolute Gasteiger partial charge is 0.422 e. The third-order valence-corrected chi connectivity index (χ3v) is 18.6. The van der Waals surface area contributed by atoms with Crippen molar-refractivity contribution >= 4 is 27.9 Å². The molecule has 0 amide bonds. The van der Waals surface area contributed by atoms with Crippen LogP contribution in [0.3, 0.4) is 0 Å². The Hall–Kier alpha value is 0.491. The Morgan fingerprint density at radius 3 is 1.61 bits per heavy atom. The molecule has 0 aromatic rings. The molecule has 4 nitrogen and oxygen atoms in total. The highest BCUT2D eigenvalue weighted by molar-refractivity contribution is 6.82. The predicted octanol–water partition coefficient (Wildman–Crippen LogP) is 4.89. The van der Waals surface area contributed by atoms with Crippen molar-refractivity contribution in [3.05, 3.63) is 0 Å². The molecular weight excluding hydrogens is 398 g/mol. The normalized spacial score (nSPS) is 31.5. The number of hydrogen-bond donors (Lipinski definition) is 0. The molecule has 4 aliphatic rings. The van der Waals surface area contributed by atoms with Crippen LogP contribution >= 0.6 is 0 Å². The van der Waals surface area contributed by atoms with Gasteiger partial charge in [0.25, 0.3) is 10.0 Å². The van der Waals surface area contributed by atoms with Crippen molar-refractivity contribution in [3.63, 3.8) is 0 Å². The Morgan fingerprint density at radius 1 is 0.714 bits per heavy atom. The molecular formula is C21H45NO3Si3. The Morgan fingerprint density at radius 2 is 1.14 bits per heavy atom. The molecule has 0 aromatic heterocycles. The van der Waals surface area contributed by atoms with Gasteiger partial charge in [0.1, 0.15) is 0 Å². The topological polar surface area (TPSA) is 30.9 Å². The quantitative estimate of drug-likeness (QED) is 0.581. The van der Waals surface area contributed by atoms with Gasteiger partial charge >= 0.3 is 17.8 Å². The molecule has 164 valence electrons. The van der Waals surface area contributed by atoms with Crippen LogP contribution in [-0.4, -0.2) is 53.9 Å². The summed E-state index contributed by atoms with van der Waals surface area (Å²) in [6.45, 7) is 0. The summed E-state index contributed by atoms with van der Waals surface area (Å²) in [6, 6.07) is 0. The van der Waals surface area contributed by atoms with E-state index in [1.54, 1.807) is 0 Å². The molecule has 1 atom stereocenters. The lowest BCUT2D eigenvalue weighted by atomic mass is 9.99. The molecule has 28 heavy (non-hydrogen) atoms. The van der Waals surface area contributed by atoms with E-state index in [9.17, 15) is 0 Å². The monoisotopic (exact) mass is 443 g/mol. The average molecular weight is 444 g/mol. The smallest absolute Gasteiger partial charge is 0.326 e. The van der Waals surface area contributed by atoms with Crippen LogP contribution in [0.4, 0.5) is 0 Å². The average Bonchev–Trinajstić information content (AvgIpc) is 2.75. The molecule has 0 N–H and O–H groups in total. The van der Waals surface area contributed by atoms with Crippen LogP contribution in [0, 0.1) is 0 Å². The van der Waals surface area contributed by atoms with Gasteiger partial charge in [0.05, 0.1) is 0 Å². The number of rotatable bonds is 3. The minimum Gasteiger partial charge on any atom is -0.422 e. The predicted molar refractivity (Wildman–Crippen MR) is 125 cm³/mol. The summed E-state index contributed by atoms with van der Waals surface area (Å²) >= 11 is 0. The van der Waals surface area contributed by atoms with Crippen molar-refractivity contribution in [1.82, 2.24) is 4.90 Å². The Bertz CT molecular complexity index is 416. The van der Waals surface area contributed by atoms with Gasteiger partial charge < -0.3 is 17.2 Å². The summed E-state index contributed by atoms with van der Waals surface area (Å²) in [5.74, 6) is 0. The number of hydrogen-bond acceptors (Lipinski definition) is 4. The highest BCUT2D eigenvalue weighted by Crippen LogP contribution is 2.51. The van der Waals surface area contributed by atoms with Crippen molar-refractivity contribution in [2.24, 2.45) is 0 Å². The minimum absolute atomic E-state index is 0.780. The Balaban J connectivity index is 0.000000516. The molecule has 3 saturated carbocycles. The van der Waals surface area contributed by atoms with E-state index < -0.39 is 27.9 Å². The summed E-state index contributed by atoms with van der Waals surface area (Å²) < 4.78 is 20.2. The van der Waals surface area contributed by atoms with Crippen LogP contribution in [0.1, 0.15) is 96.3 Å². The van der Waals surface area contributed by atoms with Gasteiger partial charge in [-0.15, -0.1) is 0 Å². The first-order valence-electron chi connectivity index (χ1n) is 12.2. The molecule has 0 spiro atoms. The second kappa shape index (κ2) is 11.8. The first-order valence-corrected chi connectivity index (χ1v) is 16.9. The zero-order valence-electron chi connectivity index (χ0n) is 18.8. The highest BCUT2D eigenvalue weighted by Gasteiger charge is 2.56. The standard InChI is InChI=1S/C18H36O3Si3.C3H9N/c1-4-10-16(11-5-1)23-19-22-20-24(21-23,17-12-6-2-7-13-17)18-14-8-3-9-15-18;1-4(2)3/h16-18,23H,1-15,22H2;1-3H3. The van der Waals surface area contributed by atoms with Gasteiger partial charge in [0, 0.05) is 11.1 Å². The van der Waals surface area contributed by atoms with Crippen LogP contribution in [0.2, 0.25) is 16.6 Å². The van der Waals surface area contributed by atoms with E-state index >= 15 is 0 Å². The van der Waals surface area contributed by atoms with E-state index in [4.69, 9.17) is 12.3 Å². The maximum absolute atomic E-state index is 7.16. The van der Waals surface area contributed by atoms with Gasteiger partial charge in [0.2, 0.25) is 0 Å². The Kier molecular flexibility index (Phi) is 9.73. The maximum Gasteiger partial charge on any atom is 0.326 e. The molecule has 7 heteroatoms. The van der Waals surface area contributed by atoms with Crippen molar-refractivity contribution in [2.45, 2.75) is 113 Å². The van der Waals surface area contributed by atoms with Crippen LogP contribution in [0.15, 0.2) is 0 Å². The van der Waals surface area contributed by atoms with Gasteiger partial charge in [-0.1, -0.05) is 57.8 Å². The molecule has 1 unspecified atom stereocenters.